The number of hydrogen-bond donors (Lipinski definition) is 2. The third-order valence-corrected chi connectivity index (χ3v) is 4.85. The normalized spacial score (nSPS) is 12.1. The monoisotopic (exact) mass is 385 g/mol. The fraction of sp³-hybridized carbons (Fsp3) is 0.909. The van der Waals surface area contributed by atoms with Gasteiger partial charge in [-0.2, -0.15) is 0 Å². The molecule has 0 fully saturated rings. The molecular weight excluding hydrogens is 342 g/mol. The van der Waals surface area contributed by atoms with Crippen LogP contribution in [0.3, 0.4) is 0 Å². The lowest BCUT2D eigenvalue weighted by molar-refractivity contribution is -0.149. The van der Waals surface area contributed by atoms with E-state index in [1.54, 1.807) is 0 Å². The molecule has 1 unspecified atom stereocenters. The van der Waals surface area contributed by atoms with E-state index in [4.69, 9.17) is 4.74 Å². The van der Waals surface area contributed by atoms with Gasteiger partial charge >= 0.3 is 11.9 Å². The van der Waals surface area contributed by atoms with Crippen LogP contribution in [0.25, 0.3) is 0 Å². The number of unbranched alkanes of at least 4 members (excludes halogenated alkanes) is 12. The Labute approximate surface area is 166 Å². The van der Waals surface area contributed by atoms with Gasteiger partial charge in [-0.25, -0.2) is 0 Å². The molecule has 0 radical (unpaired) electrons. The van der Waals surface area contributed by atoms with Gasteiger partial charge in [-0.1, -0.05) is 90.9 Å². The van der Waals surface area contributed by atoms with Gasteiger partial charge < -0.3 is 15.2 Å². The summed E-state index contributed by atoms with van der Waals surface area (Å²) in [5.74, 6) is -1.40. The van der Waals surface area contributed by atoms with Crippen LogP contribution < -0.4 is 5.32 Å². The van der Waals surface area contributed by atoms with Crippen molar-refractivity contribution in [2.24, 2.45) is 0 Å². The van der Waals surface area contributed by atoms with E-state index in [9.17, 15) is 14.7 Å². The zero-order chi connectivity index (χ0) is 20.2. The number of nitrogens with one attached hydrogen (secondary N) is 1. The Morgan fingerprint density at radius 2 is 1.26 bits per heavy atom. The van der Waals surface area contributed by atoms with Crippen LogP contribution >= 0.6 is 0 Å². The van der Waals surface area contributed by atoms with Crippen LogP contribution in [-0.2, 0) is 14.3 Å². The lowest BCUT2D eigenvalue weighted by Crippen LogP contribution is -2.39. The summed E-state index contributed by atoms with van der Waals surface area (Å²) in [5.41, 5.74) is 0. The van der Waals surface area contributed by atoms with Crippen LogP contribution in [-0.4, -0.2) is 36.2 Å². The maximum absolute atomic E-state index is 11.8. The predicted molar refractivity (Wildman–Crippen MR) is 111 cm³/mol. The fourth-order valence-corrected chi connectivity index (χ4v) is 3.08. The number of carboxylic acids is 1. The Balaban J connectivity index is 3.68. The molecule has 27 heavy (non-hydrogen) atoms. The predicted octanol–water partition coefficient (Wildman–Crippen LogP) is 5.46. The van der Waals surface area contributed by atoms with Crippen molar-refractivity contribution in [3.8, 4) is 0 Å². The van der Waals surface area contributed by atoms with Crippen LogP contribution in [0.5, 0.6) is 0 Å². The summed E-state index contributed by atoms with van der Waals surface area (Å²) >= 11 is 0. The molecule has 0 aromatic heterocycles. The van der Waals surface area contributed by atoms with Crippen molar-refractivity contribution in [1.82, 2.24) is 5.32 Å². The second kappa shape index (κ2) is 19.7. The largest absolute Gasteiger partial charge is 0.480 e. The number of ether oxygens (including phenoxy) is 1. The summed E-state index contributed by atoms with van der Waals surface area (Å²) in [6, 6.07) is -0.841. The highest BCUT2D eigenvalue weighted by molar-refractivity contribution is 5.81. The Kier molecular flexibility index (Phi) is 18.9. The maximum Gasteiger partial charge on any atom is 0.321 e. The minimum Gasteiger partial charge on any atom is -0.480 e. The smallest absolute Gasteiger partial charge is 0.321 e. The molecule has 2 N–H and O–H groups in total. The third kappa shape index (κ3) is 18.0. The minimum atomic E-state index is -0.981. The molecule has 0 aliphatic carbocycles. The molecular formula is C22H43NO4. The van der Waals surface area contributed by atoms with Gasteiger partial charge in [0, 0.05) is 0 Å². The van der Waals surface area contributed by atoms with Crippen LogP contribution in [0.15, 0.2) is 0 Å². The Morgan fingerprint density at radius 1 is 0.778 bits per heavy atom. The average Bonchev–Trinajstić information content (AvgIpc) is 2.64. The van der Waals surface area contributed by atoms with Crippen molar-refractivity contribution in [2.75, 3.05) is 13.2 Å². The standard InChI is InChI=1S/C22H43NO4/c1-3-5-7-9-11-13-15-17-23-20(22(25)26)19-21(24)27-18-16-14-12-10-8-6-4-2/h20,23H,3-19H2,1-2H3,(H,25,26). The van der Waals surface area contributed by atoms with E-state index >= 15 is 0 Å². The molecule has 0 bridgehead atoms. The van der Waals surface area contributed by atoms with Gasteiger partial charge in [-0.05, 0) is 19.4 Å². The fourth-order valence-electron chi connectivity index (χ4n) is 3.08. The molecule has 0 aliphatic heterocycles. The molecule has 1 atom stereocenters. The Morgan fingerprint density at radius 3 is 1.78 bits per heavy atom. The van der Waals surface area contributed by atoms with Crippen LogP contribution in [0.2, 0.25) is 0 Å². The highest BCUT2D eigenvalue weighted by Crippen LogP contribution is 2.08. The van der Waals surface area contributed by atoms with Gasteiger partial charge in [0.05, 0.1) is 13.0 Å². The number of carboxylic acid groups (broad SMARTS) is 1. The summed E-state index contributed by atoms with van der Waals surface area (Å²) in [5, 5.41) is 12.2. The summed E-state index contributed by atoms with van der Waals surface area (Å²) in [7, 11) is 0. The zero-order valence-corrected chi connectivity index (χ0v) is 17.8. The van der Waals surface area contributed by atoms with E-state index in [1.807, 2.05) is 0 Å². The summed E-state index contributed by atoms with van der Waals surface area (Å²) < 4.78 is 5.19. The molecule has 0 aliphatic rings. The minimum absolute atomic E-state index is 0.0949. The van der Waals surface area contributed by atoms with Gasteiger partial charge in [0.25, 0.3) is 0 Å². The van der Waals surface area contributed by atoms with Crippen LogP contribution in [0, 0.1) is 0 Å². The van der Waals surface area contributed by atoms with Crippen molar-refractivity contribution >= 4 is 11.9 Å². The Bertz CT molecular complexity index is 360. The molecule has 0 heterocycles. The van der Waals surface area contributed by atoms with Gasteiger partial charge in [-0.15, -0.1) is 0 Å². The van der Waals surface area contributed by atoms with Crippen molar-refractivity contribution in [3.63, 3.8) is 0 Å². The molecule has 0 aromatic rings. The molecule has 0 saturated heterocycles. The van der Waals surface area contributed by atoms with E-state index in [0.717, 1.165) is 25.7 Å². The average molecular weight is 386 g/mol. The molecule has 0 rings (SSSR count). The van der Waals surface area contributed by atoms with Crippen molar-refractivity contribution in [3.05, 3.63) is 0 Å². The van der Waals surface area contributed by atoms with E-state index in [1.165, 1.54) is 64.2 Å². The highest BCUT2D eigenvalue weighted by atomic mass is 16.5. The Hall–Kier alpha value is -1.10. The SMILES string of the molecule is CCCCCCCCCNC(CC(=O)OCCCCCCCCC)C(=O)O. The first-order valence-corrected chi connectivity index (χ1v) is 11.2. The second-order valence-corrected chi connectivity index (χ2v) is 7.51. The van der Waals surface area contributed by atoms with Gasteiger partial charge in [-0.3, -0.25) is 9.59 Å². The quantitative estimate of drug-likeness (QED) is 0.215. The first-order chi connectivity index (χ1) is 13.1. The topological polar surface area (TPSA) is 75.6 Å². The van der Waals surface area contributed by atoms with Crippen LogP contribution in [0.4, 0.5) is 0 Å². The molecule has 160 valence electrons. The first kappa shape index (κ1) is 25.9. The van der Waals surface area contributed by atoms with Crippen molar-refractivity contribution < 1.29 is 19.4 Å². The number of carbonyl (C=O) groups is 2. The number of aliphatic carboxylic acids is 1. The van der Waals surface area contributed by atoms with Gasteiger partial charge in [0.15, 0.2) is 0 Å². The summed E-state index contributed by atoms with van der Waals surface area (Å²) in [6.07, 6.45) is 16.4. The van der Waals surface area contributed by atoms with Gasteiger partial charge in [0.1, 0.15) is 6.04 Å². The maximum atomic E-state index is 11.8. The lowest BCUT2D eigenvalue weighted by atomic mass is 10.1. The number of carbonyl (C=O) groups excluding carboxylic acids is 1. The molecule has 5 heteroatoms. The van der Waals surface area contributed by atoms with E-state index in [0.29, 0.717) is 13.2 Å². The number of esters is 1. The molecule has 0 amide bonds. The summed E-state index contributed by atoms with van der Waals surface area (Å²) in [6.45, 7) is 5.44. The third-order valence-electron chi connectivity index (χ3n) is 4.85. The van der Waals surface area contributed by atoms with E-state index in [-0.39, 0.29) is 6.42 Å². The first-order valence-electron chi connectivity index (χ1n) is 11.2. The molecule has 5 nitrogen and oxygen atoms in total. The van der Waals surface area contributed by atoms with E-state index < -0.39 is 18.0 Å². The van der Waals surface area contributed by atoms with E-state index in [2.05, 4.69) is 19.2 Å². The van der Waals surface area contributed by atoms with Crippen LogP contribution in [0.1, 0.15) is 110 Å². The van der Waals surface area contributed by atoms with Crippen molar-refractivity contribution in [2.45, 2.75) is 116 Å². The van der Waals surface area contributed by atoms with Gasteiger partial charge in [0.2, 0.25) is 0 Å². The number of rotatable bonds is 20. The zero-order valence-electron chi connectivity index (χ0n) is 17.8. The molecule has 0 spiro atoms. The van der Waals surface area contributed by atoms with Crippen molar-refractivity contribution in [1.29, 1.82) is 0 Å². The second-order valence-electron chi connectivity index (χ2n) is 7.51. The molecule has 0 aromatic carbocycles. The summed E-state index contributed by atoms with van der Waals surface area (Å²) in [4.78, 5) is 23.1. The highest BCUT2D eigenvalue weighted by Gasteiger charge is 2.21. The number of hydrogen-bond acceptors (Lipinski definition) is 4. The lowest BCUT2D eigenvalue weighted by Gasteiger charge is -2.14. The molecule has 0 saturated carbocycles.